The number of hydrogen-bond acceptors (Lipinski definition) is 2. The fourth-order valence-electron chi connectivity index (χ4n) is 0. The number of aliphatic hydroxyl groups is 1. The normalized spacial score (nSPS) is 11.7. The van der Waals surface area contributed by atoms with Gasteiger partial charge >= 0.3 is 5.97 Å². The standard InChI is InChI=1S/C3H6O3.Cr/c1-2(4)3(5)6;/h2,4H,1H3,(H,5,6);. The SMILES string of the molecule is CC(O)C(=O)O.[Cr]. The molecule has 0 aromatic carbocycles. The molecule has 0 bridgehead atoms. The predicted octanol–water partition coefficient (Wildman–Crippen LogP) is -0.551. The van der Waals surface area contributed by atoms with Crippen LogP contribution in [0.2, 0.25) is 0 Å². The van der Waals surface area contributed by atoms with Gasteiger partial charge in [-0.3, -0.25) is 0 Å². The van der Waals surface area contributed by atoms with Gasteiger partial charge in [-0.05, 0) is 6.92 Å². The van der Waals surface area contributed by atoms with Crippen molar-refractivity contribution in [3.8, 4) is 0 Å². The zero-order valence-corrected chi connectivity index (χ0v) is 5.06. The maximum Gasteiger partial charge on any atom is 0.332 e. The van der Waals surface area contributed by atoms with Gasteiger partial charge in [0.2, 0.25) is 0 Å². The van der Waals surface area contributed by atoms with E-state index in [-0.39, 0.29) is 17.4 Å². The Balaban J connectivity index is 0. The Labute approximate surface area is 52.1 Å². The van der Waals surface area contributed by atoms with Crippen LogP contribution in [-0.4, -0.2) is 22.3 Å². The van der Waals surface area contributed by atoms with Crippen molar-refractivity contribution in [3.63, 3.8) is 0 Å². The van der Waals surface area contributed by atoms with Gasteiger partial charge in [0.1, 0.15) is 6.10 Å². The number of carbonyl (C=O) groups is 1. The van der Waals surface area contributed by atoms with E-state index in [1.165, 1.54) is 6.92 Å². The summed E-state index contributed by atoms with van der Waals surface area (Å²) >= 11 is 0. The average molecular weight is 142 g/mol. The fraction of sp³-hybridized carbons (Fsp3) is 0.667. The minimum Gasteiger partial charge on any atom is -0.479 e. The van der Waals surface area contributed by atoms with E-state index in [9.17, 15) is 4.79 Å². The maximum absolute atomic E-state index is 9.45. The monoisotopic (exact) mass is 142 g/mol. The molecule has 7 heavy (non-hydrogen) atoms. The third kappa shape index (κ3) is 5.96. The topological polar surface area (TPSA) is 57.5 Å². The van der Waals surface area contributed by atoms with Crippen LogP contribution < -0.4 is 0 Å². The zero-order valence-electron chi connectivity index (χ0n) is 3.79. The molecule has 42 valence electrons. The van der Waals surface area contributed by atoms with Gasteiger partial charge in [-0.15, -0.1) is 0 Å². The van der Waals surface area contributed by atoms with Gasteiger partial charge in [-0.2, -0.15) is 0 Å². The van der Waals surface area contributed by atoms with Gasteiger partial charge in [-0.25, -0.2) is 4.79 Å². The summed E-state index contributed by atoms with van der Waals surface area (Å²) in [6.45, 7) is 1.20. The van der Waals surface area contributed by atoms with Crippen LogP contribution in [0.1, 0.15) is 6.92 Å². The Morgan fingerprint density at radius 3 is 1.86 bits per heavy atom. The molecule has 0 radical (unpaired) electrons. The smallest absolute Gasteiger partial charge is 0.332 e. The number of aliphatic hydroxyl groups excluding tert-OH is 1. The maximum atomic E-state index is 9.45. The van der Waals surface area contributed by atoms with Gasteiger partial charge in [0.15, 0.2) is 0 Å². The van der Waals surface area contributed by atoms with E-state index in [0.29, 0.717) is 0 Å². The number of hydrogen-bond donors (Lipinski definition) is 2. The molecule has 0 aliphatic carbocycles. The van der Waals surface area contributed by atoms with Crippen LogP contribution in [0.3, 0.4) is 0 Å². The van der Waals surface area contributed by atoms with Crippen LogP contribution in [0.15, 0.2) is 0 Å². The number of aliphatic carboxylic acids is 1. The molecular formula is C3H6CrO3. The Morgan fingerprint density at radius 1 is 1.71 bits per heavy atom. The summed E-state index contributed by atoms with van der Waals surface area (Å²) in [6, 6.07) is 0. The molecule has 0 aliphatic heterocycles. The molecule has 0 aliphatic rings. The molecule has 0 aromatic rings. The molecule has 1 unspecified atom stereocenters. The first-order chi connectivity index (χ1) is 2.64. The summed E-state index contributed by atoms with van der Waals surface area (Å²) in [4.78, 5) is 9.45. The second kappa shape index (κ2) is 4.13. The minimum absolute atomic E-state index is 0. The van der Waals surface area contributed by atoms with Crippen molar-refractivity contribution in [1.29, 1.82) is 0 Å². The first-order valence-corrected chi connectivity index (χ1v) is 1.55. The van der Waals surface area contributed by atoms with Crippen molar-refractivity contribution < 1.29 is 32.4 Å². The number of rotatable bonds is 1. The largest absolute Gasteiger partial charge is 0.479 e. The number of carboxylic acids is 1. The van der Waals surface area contributed by atoms with Crippen LogP contribution in [-0.2, 0) is 22.2 Å². The van der Waals surface area contributed by atoms with Crippen LogP contribution in [0, 0.1) is 0 Å². The molecule has 0 saturated carbocycles. The first kappa shape index (κ1) is 10.1. The van der Waals surface area contributed by atoms with Gasteiger partial charge in [0.25, 0.3) is 0 Å². The van der Waals surface area contributed by atoms with Crippen LogP contribution in [0.25, 0.3) is 0 Å². The molecule has 0 saturated heterocycles. The Bertz CT molecular complexity index is 61.2. The van der Waals surface area contributed by atoms with Crippen molar-refractivity contribution >= 4 is 5.97 Å². The van der Waals surface area contributed by atoms with Gasteiger partial charge in [0.05, 0.1) is 0 Å². The second-order valence-corrected chi connectivity index (χ2v) is 1.01. The van der Waals surface area contributed by atoms with E-state index in [0.717, 1.165) is 0 Å². The first-order valence-electron chi connectivity index (χ1n) is 1.55. The van der Waals surface area contributed by atoms with Crippen molar-refractivity contribution in [1.82, 2.24) is 0 Å². The van der Waals surface area contributed by atoms with E-state index in [2.05, 4.69) is 0 Å². The molecule has 0 fully saturated rings. The fourth-order valence-corrected chi connectivity index (χ4v) is 0. The van der Waals surface area contributed by atoms with Crippen LogP contribution in [0.4, 0.5) is 0 Å². The minimum atomic E-state index is -1.23. The van der Waals surface area contributed by atoms with Gasteiger partial charge in [-0.1, -0.05) is 0 Å². The van der Waals surface area contributed by atoms with E-state index in [1.807, 2.05) is 0 Å². The summed E-state index contributed by atoms with van der Waals surface area (Å²) in [5.74, 6) is -1.19. The van der Waals surface area contributed by atoms with Crippen molar-refractivity contribution in [2.75, 3.05) is 0 Å². The summed E-state index contributed by atoms with van der Waals surface area (Å²) in [7, 11) is 0. The number of carboxylic acid groups (broad SMARTS) is 1. The summed E-state index contributed by atoms with van der Waals surface area (Å²) < 4.78 is 0. The molecule has 0 rings (SSSR count). The zero-order chi connectivity index (χ0) is 5.15. The molecule has 0 spiro atoms. The quantitative estimate of drug-likeness (QED) is 0.516. The molecule has 0 heterocycles. The molecule has 0 aromatic heterocycles. The Kier molecular flexibility index (Phi) is 5.93. The molecule has 4 heteroatoms. The predicted molar refractivity (Wildman–Crippen MR) is 19.3 cm³/mol. The molecular weight excluding hydrogens is 136 g/mol. The average Bonchev–Trinajstić information content (AvgIpc) is 1.36. The Hall–Kier alpha value is -0.0375. The van der Waals surface area contributed by atoms with E-state index >= 15 is 0 Å². The molecule has 1 atom stereocenters. The van der Waals surface area contributed by atoms with E-state index < -0.39 is 12.1 Å². The second-order valence-electron chi connectivity index (χ2n) is 1.01. The van der Waals surface area contributed by atoms with E-state index in [4.69, 9.17) is 10.2 Å². The summed E-state index contributed by atoms with van der Waals surface area (Å²) in [5.41, 5.74) is 0. The van der Waals surface area contributed by atoms with Crippen molar-refractivity contribution in [2.24, 2.45) is 0 Å². The van der Waals surface area contributed by atoms with E-state index in [1.54, 1.807) is 0 Å². The van der Waals surface area contributed by atoms with Crippen molar-refractivity contribution in [2.45, 2.75) is 13.0 Å². The van der Waals surface area contributed by atoms with Crippen LogP contribution >= 0.6 is 0 Å². The summed E-state index contributed by atoms with van der Waals surface area (Å²) in [6.07, 6.45) is -1.23. The van der Waals surface area contributed by atoms with Gasteiger partial charge in [0, 0.05) is 17.4 Å². The molecule has 0 amide bonds. The third-order valence-electron chi connectivity index (χ3n) is 0.357. The third-order valence-corrected chi connectivity index (χ3v) is 0.357. The van der Waals surface area contributed by atoms with Crippen LogP contribution in [0.5, 0.6) is 0 Å². The van der Waals surface area contributed by atoms with Crippen molar-refractivity contribution in [3.05, 3.63) is 0 Å². The molecule has 2 N–H and O–H groups in total. The summed E-state index contributed by atoms with van der Waals surface area (Å²) in [5, 5.41) is 15.8. The van der Waals surface area contributed by atoms with Gasteiger partial charge < -0.3 is 10.2 Å². The Morgan fingerprint density at radius 2 is 1.86 bits per heavy atom. The molecule has 3 nitrogen and oxygen atoms in total.